The zero-order valence-corrected chi connectivity index (χ0v) is 9.78. The van der Waals surface area contributed by atoms with Crippen LogP contribution in [-0.4, -0.2) is 18.9 Å². The molecule has 1 unspecified atom stereocenters. The number of aliphatic carboxylic acids is 1. The third-order valence-electron chi connectivity index (χ3n) is 2.19. The Morgan fingerprint density at radius 2 is 2.00 bits per heavy atom. The lowest BCUT2D eigenvalue weighted by Crippen LogP contribution is -2.25. The highest BCUT2D eigenvalue weighted by molar-refractivity contribution is 6.16. The molecule has 0 aromatic carbocycles. The summed E-state index contributed by atoms with van der Waals surface area (Å²) in [7, 11) is 1.99. The smallest absolute Gasteiger partial charge is 0.306 e. The second-order valence-corrected chi connectivity index (χ2v) is 4.40. The van der Waals surface area contributed by atoms with Gasteiger partial charge in [-0.15, -0.1) is 12.4 Å². The number of unbranched alkanes of at least 4 members (excludes halogenated alkanes) is 1. The first-order chi connectivity index (χ1) is 5.39. The second kappa shape index (κ2) is 6.30. The van der Waals surface area contributed by atoms with Gasteiger partial charge < -0.3 is 5.11 Å². The van der Waals surface area contributed by atoms with Crippen molar-refractivity contribution in [1.29, 1.82) is 0 Å². The molecule has 13 heavy (non-hydrogen) atoms. The molecule has 0 aromatic rings. The summed E-state index contributed by atoms with van der Waals surface area (Å²) in [6.07, 6.45) is 2.88. The van der Waals surface area contributed by atoms with Crippen LogP contribution in [-0.2, 0) is 4.79 Å². The van der Waals surface area contributed by atoms with Crippen LogP contribution in [0.15, 0.2) is 0 Å². The number of hydrogen-bond acceptors (Lipinski definition) is 1. The van der Waals surface area contributed by atoms with E-state index in [1.165, 1.54) is 0 Å². The van der Waals surface area contributed by atoms with Crippen molar-refractivity contribution in [2.75, 3.05) is 0 Å². The van der Waals surface area contributed by atoms with Gasteiger partial charge in [-0.05, 0) is 6.42 Å². The van der Waals surface area contributed by atoms with Crippen LogP contribution in [0.2, 0.25) is 5.31 Å². The van der Waals surface area contributed by atoms with E-state index in [1.54, 1.807) is 0 Å². The Morgan fingerprint density at radius 1 is 1.54 bits per heavy atom. The third-order valence-corrected chi connectivity index (χ3v) is 2.19. The van der Waals surface area contributed by atoms with Crippen molar-refractivity contribution in [3.8, 4) is 0 Å². The van der Waals surface area contributed by atoms with Gasteiger partial charge in [0.2, 0.25) is 0 Å². The van der Waals surface area contributed by atoms with E-state index >= 15 is 0 Å². The van der Waals surface area contributed by atoms with E-state index in [2.05, 4.69) is 6.92 Å². The van der Waals surface area contributed by atoms with Crippen molar-refractivity contribution in [2.45, 2.75) is 45.3 Å². The first kappa shape index (κ1) is 15.3. The normalized spacial score (nSPS) is 13.2. The standard InChI is InChI=1S/C9H19BO2.ClH/c1-4-5-6-7(8(11)12)9(2,3)10;/h7H,4-6,10H2,1-3H3,(H,11,12);1H. The summed E-state index contributed by atoms with van der Waals surface area (Å²) in [5.41, 5.74) is 0. The molecule has 0 rings (SSSR count). The summed E-state index contributed by atoms with van der Waals surface area (Å²) in [5, 5.41) is 8.83. The van der Waals surface area contributed by atoms with Gasteiger partial charge in [0.15, 0.2) is 0 Å². The summed E-state index contributed by atoms with van der Waals surface area (Å²) >= 11 is 0. The van der Waals surface area contributed by atoms with Gasteiger partial charge in [0.1, 0.15) is 7.85 Å². The molecule has 0 fully saturated rings. The summed E-state index contributed by atoms with van der Waals surface area (Å²) in [5.74, 6) is -0.853. The van der Waals surface area contributed by atoms with E-state index in [-0.39, 0.29) is 23.6 Å². The molecule has 78 valence electrons. The molecule has 0 aromatic heterocycles. The van der Waals surface area contributed by atoms with Gasteiger partial charge in [-0.25, -0.2) is 0 Å². The van der Waals surface area contributed by atoms with Gasteiger partial charge in [0.25, 0.3) is 0 Å². The monoisotopic (exact) mass is 206 g/mol. The maximum Gasteiger partial charge on any atom is 0.306 e. The number of hydrogen-bond donors (Lipinski definition) is 1. The zero-order chi connectivity index (χ0) is 9.78. The van der Waals surface area contributed by atoms with E-state index in [1.807, 2.05) is 21.7 Å². The molecule has 0 amide bonds. The summed E-state index contributed by atoms with van der Waals surface area (Å²) in [4.78, 5) is 10.9. The van der Waals surface area contributed by atoms with Crippen molar-refractivity contribution in [1.82, 2.24) is 0 Å². The lowest BCUT2D eigenvalue weighted by molar-refractivity contribution is -0.143. The molecule has 2 nitrogen and oxygen atoms in total. The zero-order valence-electron chi connectivity index (χ0n) is 8.96. The number of rotatable bonds is 5. The van der Waals surface area contributed by atoms with E-state index in [0.29, 0.717) is 0 Å². The third kappa shape index (κ3) is 5.97. The quantitative estimate of drug-likeness (QED) is 0.700. The Kier molecular flexibility index (Phi) is 7.42. The minimum absolute atomic E-state index is 0. The van der Waals surface area contributed by atoms with Crippen LogP contribution in [0.5, 0.6) is 0 Å². The van der Waals surface area contributed by atoms with Crippen molar-refractivity contribution in [3.05, 3.63) is 0 Å². The van der Waals surface area contributed by atoms with E-state index in [4.69, 9.17) is 5.11 Å². The van der Waals surface area contributed by atoms with E-state index in [9.17, 15) is 4.79 Å². The topological polar surface area (TPSA) is 37.3 Å². The minimum atomic E-state index is -0.657. The summed E-state index contributed by atoms with van der Waals surface area (Å²) in [6.45, 7) is 6.06. The molecule has 0 bridgehead atoms. The molecular weight excluding hydrogens is 186 g/mol. The lowest BCUT2D eigenvalue weighted by Gasteiger charge is -2.26. The Morgan fingerprint density at radius 3 is 2.23 bits per heavy atom. The fraction of sp³-hybridized carbons (Fsp3) is 0.889. The van der Waals surface area contributed by atoms with Crippen LogP contribution in [0.25, 0.3) is 0 Å². The molecule has 0 saturated heterocycles. The first-order valence-electron chi connectivity index (χ1n) is 4.62. The van der Waals surface area contributed by atoms with Gasteiger partial charge in [0.05, 0.1) is 5.92 Å². The maximum absolute atomic E-state index is 10.9. The van der Waals surface area contributed by atoms with Crippen LogP contribution >= 0.6 is 12.4 Å². The highest BCUT2D eigenvalue weighted by Crippen LogP contribution is 2.34. The van der Waals surface area contributed by atoms with Crippen LogP contribution < -0.4 is 0 Å². The molecule has 0 spiro atoms. The fourth-order valence-electron chi connectivity index (χ4n) is 1.34. The van der Waals surface area contributed by atoms with E-state index < -0.39 is 5.97 Å². The largest absolute Gasteiger partial charge is 0.481 e. The van der Waals surface area contributed by atoms with Crippen LogP contribution in [0.3, 0.4) is 0 Å². The molecule has 0 aliphatic carbocycles. The van der Waals surface area contributed by atoms with Crippen molar-refractivity contribution in [2.24, 2.45) is 5.92 Å². The van der Waals surface area contributed by atoms with Crippen LogP contribution in [0.1, 0.15) is 40.0 Å². The molecule has 1 atom stereocenters. The van der Waals surface area contributed by atoms with Gasteiger partial charge in [-0.1, -0.05) is 38.9 Å². The Bertz CT molecular complexity index is 154. The molecule has 0 heterocycles. The molecule has 0 aliphatic heterocycles. The fourth-order valence-corrected chi connectivity index (χ4v) is 1.34. The second-order valence-electron chi connectivity index (χ2n) is 4.40. The predicted molar refractivity (Wildman–Crippen MR) is 60.5 cm³/mol. The average Bonchev–Trinajstić information content (AvgIpc) is 1.84. The first-order valence-corrected chi connectivity index (χ1v) is 4.62. The number of carboxylic acids is 1. The van der Waals surface area contributed by atoms with Gasteiger partial charge in [0, 0.05) is 0 Å². The van der Waals surface area contributed by atoms with Gasteiger partial charge in [-0.2, -0.15) is 0 Å². The SMILES string of the molecule is BC(C)(C)C(CCCC)C(=O)O.Cl. The average molecular weight is 207 g/mol. The Balaban J connectivity index is 0. The summed E-state index contributed by atoms with van der Waals surface area (Å²) < 4.78 is 0. The lowest BCUT2D eigenvalue weighted by atomic mass is 9.62. The molecular formula is C9H20BClO2. The van der Waals surface area contributed by atoms with Crippen molar-refractivity contribution < 1.29 is 9.90 Å². The Labute approximate surface area is 87.9 Å². The number of halogens is 1. The van der Waals surface area contributed by atoms with Crippen LogP contribution in [0.4, 0.5) is 0 Å². The molecule has 4 heteroatoms. The van der Waals surface area contributed by atoms with Crippen LogP contribution in [0, 0.1) is 5.92 Å². The van der Waals surface area contributed by atoms with Gasteiger partial charge >= 0.3 is 5.97 Å². The number of carboxylic acid groups (broad SMARTS) is 1. The van der Waals surface area contributed by atoms with Gasteiger partial charge in [-0.3, -0.25) is 4.79 Å². The highest BCUT2D eigenvalue weighted by atomic mass is 35.5. The molecule has 1 N–H and O–H groups in total. The van der Waals surface area contributed by atoms with E-state index in [0.717, 1.165) is 19.3 Å². The molecule has 0 aliphatic rings. The predicted octanol–water partition coefficient (Wildman–Crippen LogP) is 2.13. The highest BCUT2D eigenvalue weighted by Gasteiger charge is 2.29. The van der Waals surface area contributed by atoms with Crippen molar-refractivity contribution in [3.63, 3.8) is 0 Å². The number of carbonyl (C=O) groups is 1. The van der Waals surface area contributed by atoms with Crippen molar-refractivity contribution >= 4 is 26.2 Å². The maximum atomic E-state index is 10.9. The Hall–Kier alpha value is -0.175. The molecule has 0 radical (unpaired) electrons. The minimum Gasteiger partial charge on any atom is -0.481 e. The summed E-state index contributed by atoms with van der Waals surface area (Å²) in [6, 6.07) is 0. The molecule has 0 saturated carbocycles.